The molecule has 0 aliphatic carbocycles. The van der Waals surface area contributed by atoms with Crippen LogP contribution in [0.3, 0.4) is 0 Å². The number of unbranched alkanes of at least 4 members (excludes halogenated alkanes) is 4. The van der Waals surface area contributed by atoms with Gasteiger partial charge in [0.2, 0.25) is 5.91 Å². The summed E-state index contributed by atoms with van der Waals surface area (Å²) in [4.78, 5) is 51.5. The molecule has 2 N–H and O–H groups in total. The molecule has 0 bridgehead atoms. The smallest absolute Gasteiger partial charge is 0.311 e. The van der Waals surface area contributed by atoms with Gasteiger partial charge in [-0.15, -0.1) is 11.3 Å². The summed E-state index contributed by atoms with van der Waals surface area (Å²) in [6, 6.07) is 18.5. The van der Waals surface area contributed by atoms with Crippen LogP contribution in [0.25, 0.3) is 22.5 Å². The van der Waals surface area contributed by atoms with Gasteiger partial charge in [-0.3, -0.25) is 14.4 Å². The molecule has 10 heteroatoms. The van der Waals surface area contributed by atoms with E-state index >= 15 is 0 Å². The number of aliphatic carboxylic acids is 1. The highest BCUT2D eigenvalue weighted by atomic mass is 32.1. The Labute approximate surface area is 305 Å². The number of carbonyl (C=O) groups excluding carboxylic acids is 2. The number of nitrogens with zero attached hydrogens (tertiary/aromatic N) is 3. The van der Waals surface area contributed by atoms with Gasteiger partial charge in [0, 0.05) is 47.9 Å². The van der Waals surface area contributed by atoms with E-state index in [1.54, 1.807) is 30.3 Å². The van der Waals surface area contributed by atoms with E-state index in [0.717, 1.165) is 45.9 Å². The molecule has 0 saturated carbocycles. The second-order valence-electron chi connectivity index (χ2n) is 14.8. The minimum atomic E-state index is -1.01. The van der Waals surface area contributed by atoms with Crippen molar-refractivity contribution in [2.24, 2.45) is 5.41 Å². The van der Waals surface area contributed by atoms with Crippen LogP contribution in [0.1, 0.15) is 93.3 Å². The average molecular weight is 711 g/mol. The quantitative estimate of drug-likeness (QED) is 0.119. The van der Waals surface area contributed by atoms with Crippen molar-refractivity contribution < 1.29 is 24.2 Å². The van der Waals surface area contributed by atoms with E-state index in [0.29, 0.717) is 23.7 Å². The average Bonchev–Trinajstić information content (AvgIpc) is 3.79. The van der Waals surface area contributed by atoms with Crippen LogP contribution >= 0.6 is 11.3 Å². The molecule has 1 aliphatic rings. The van der Waals surface area contributed by atoms with Gasteiger partial charge >= 0.3 is 5.97 Å². The van der Waals surface area contributed by atoms with Crippen LogP contribution in [-0.2, 0) is 21.4 Å². The fourth-order valence-electron chi connectivity index (χ4n) is 6.13. The summed E-state index contributed by atoms with van der Waals surface area (Å²) in [5.74, 6) is -0.101. The van der Waals surface area contributed by atoms with Gasteiger partial charge in [0.1, 0.15) is 11.8 Å². The number of rotatable bonds is 15. The fourth-order valence-corrected chi connectivity index (χ4v) is 7.09. The molecule has 1 saturated heterocycles. The van der Waals surface area contributed by atoms with Crippen molar-refractivity contribution in [3.05, 3.63) is 88.4 Å². The van der Waals surface area contributed by atoms with Crippen LogP contribution in [0, 0.1) is 5.41 Å². The van der Waals surface area contributed by atoms with Gasteiger partial charge in [0.15, 0.2) is 5.82 Å². The number of thiophene rings is 1. The maximum Gasteiger partial charge on any atom is 0.311 e. The number of nitrogens with one attached hydrogen (secondary N) is 1. The maximum absolute atomic E-state index is 13.8. The molecule has 0 radical (unpaired) electrons. The molecule has 2 unspecified atom stereocenters. The molecular weight excluding hydrogens is 661 g/mol. The van der Waals surface area contributed by atoms with Gasteiger partial charge in [-0.1, -0.05) is 89.8 Å². The van der Waals surface area contributed by atoms with Gasteiger partial charge in [0.05, 0.1) is 16.9 Å². The van der Waals surface area contributed by atoms with Crippen molar-refractivity contribution in [3.63, 3.8) is 0 Å². The minimum Gasteiger partial charge on any atom is -0.494 e. The minimum absolute atomic E-state index is 0.101. The van der Waals surface area contributed by atoms with Crippen molar-refractivity contribution in [3.8, 4) is 28.3 Å². The molecule has 4 aromatic rings. The molecule has 2 aromatic carbocycles. The van der Waals surface area contributed by atoms with Gasteiger partial charge in [-0.2, -0.15) is 0 Å². The summed E-state index contributed by atoms with van der Waals surface area (Å²) >= 11 is 1.41. The van der Waals surface area contributed by atoms with Gasteiger partial charge in [-0.05, 0) is 60.6 Å². The van der Waals surface area contributed by atoms with Crippen molar-refractivity contribution >= 4 is 29.1 Å². The zero-order valence-electron chi connectivity index (χ0n) is 30.4. The fraction of sp³-hybridized carbons (Fsp3) is 0.439. The predicted octanol–water partition coefficient (Wildman–Crippen LogP) is 8.18. The Kier molecular flexibility index (Phi) is 12.3. The number of amides is 2. The van der Waals surface area contributed by atoms with Crippen LogP contribution in [0.5, 0.6) is 5.75 Å². The summed E-state index contributed by atoms with van der Waals surface area (Å²) < 4.78 is 5.90. The Hall–Kier alpha value is -4.57. The number of carbonyl (C=O) groups is 3. The van der Waals surface area contributed by atoms with E-state index in [9.17, 15) is 19.5 Å². The third kappa shape index (κ3) is 9.82. The first-order chi connectivity index (χ1) is 24.4. The third-order valence-corrected chi connectivity index (χ3v) is 11.0. The van der Waals surface area contributed by atoms with Gasteiger partial charge < -0.3 is 20.1 Å². The summed E-state index contributed by atoms with van der Waals surface area (Å²) in [7, 11) is 0. The zero-order valence-corrected chi connectivity index (χ0v) is 31.2. The Morgan fingerprint density at radius 3 is 2.20 bits per heavy atom. The number of hydrogen-bond donors (Lipinski definition) is 2. The lowest BCUT2D eigenvalue weighted by atomic mass is 9.90. The zero-order chi connectivity index (χ0) is 36.6. The first-order valence-electron chi connectivity index (χ1n) is 17.9. The Balaban J connectivity index is 1.24. The monoisotopic (exact) mass is 710 g/mol. The van der Waals surface area contributed by atoms with Crippen molar-refractivity contribution in [1.82, 2.24) is 20.2 Å². The summed E-state index contributed by atoms with van der Waals surface area (Å²) in [5.41, 5.74) is 2.46. The molecule has 1 fully saturated rings. The number of benzene rings is 2. The first kappa shape index (κ1) is 37.7. The van der Waals surface area contributed by atoms with E-state index in [1.807, 2.05) is 54.6 Å². The molecule has 0 spiro atoms. The second kappa shape index (κ2) is 16.6. The normalized spacial score (nSPS) is 16.5. The molecule has 270 valence electrons. The number of carboxylic acid groups (broad SMARTS) is 1. The molecule has 5 rings (SSSR count). The van der Waals surface area contributed by atoms with E-state index in [4.69, 9.17) is 4.74 Å². The Morgan fingerprint density at radius 1 is 0.922 bits per heavy atom. The van der Waals surface area contributed by atoms with Crippen LogP contribution in [0.4, 0.5) is 0 Å². The number of hydrogen-bond acceptors (Lipinski definition) is 7. The number of carboxylic acids is 1. The molecule has 3 heterocycles. The van der Waals surface area contributed by atoms with Gasteiger partial charge in [-0.25, -0.2) is 9.97 Å². The highest BCUT2D eigenvalue weighted by Gasteiger charge is 2.43. The lowest BCUT2D eigenvalue weighted by molar-refractivity contribution is -0.147. The number of aromatic nitrogens is 2. The molecule has 1 aliphatic heterocycles. The van der Waals surface area contributed by atoms with Crippen molar-refractivity contribution in [2.45, 2.75) is 91.0 Å². The van der Waals surface area contributed by atoms with E-state index < -0.39 is 17.4 Å². The van der Waals surface area contributed by atoms with Crippen LogP contribution in [-0.4, -0.2) is 63.5 Å². The second-order valence-corrected chi connectivity index (χ2v) is 15.9. The standard InChI is InChI=1S/C41H50N4O5S/c1-6-7-8-9-10-23-50-32-17-15-29(16-18-32)31-25-42-36(43-26-31)30-13-11-28(12-14-30)24-33(38(47)45-22-21-41(5,27-45)39(48)49)44-37(46)34-19-20-35(51-34)40(2,3)4/h11-20,25-26,33H,6-10,21-24,27H2,1-5H3,(H,44,46)(H,48,49). The van der Waals surface area contributed by atoms with Crippen molar-refractivity contribution in [1.29, 1.82) is 0 Å². The van der Waals surface area contributed by atoms with Gasteiger partial charge in [0.25, 0.3) is 5.91 Å². The molecule has 2 atom stereocenters. The number of ether oxygens (including phenoxy) is 1. The lowest BCUT2D eigenvalue weighted by Crippen LogP contribution is -2.49. The largest absolute Gasteiger partial charge is 0.494 e. The molecule has 9 nitrogen and oxygen atoms in total. The number of likely N-dealkylation sites (tertiary alicyclic amines) is 1. The third-order valence-electron chi connectivity index (χ3n) is 9.48. The summed E-state index contributed by atoms with van der Waals surface area (Å²) in [6.07, 6.45) is 10.2. The topological polar surface area (TPSA) is 122 Å². The summed E-state index contributed by atoms with van der Waals surface area (Å²) in [5, 5.41) is 12.7. The lowest BCUT2D eigenvalue weighted by Gasteiger charge is -2.26. The molecule has 2 aromatic heterocycles. The molecule has 51 heavy (non-hydrogen) atoms. The Morgan fingerprint density at radius 2 is 1.59 bits per heavy atom. The summed E-state index contributed by atoms with van der Waals surface area (Å²) in [6.45, 7) is 11.3. The van der Waals surface area contributed by atoms with E-state index in [1.165, 1.54) is 37.0 Å². The van der Waals surface area contributed by atoms with E-state index in [2.05, 4.69) is 43.0 Å². The SMILES string of the molecule is CCCCCCCOc1ccc(-c2cnc(-c3ccc(CC(NC(=O)c4ccc(C(C)(C)C)s4)C(=O)N4CCC(C)(C(=O)O)C4)cc3)nc2)cc1. The van der Waals surface area contributed by atoms with Crippen LogP contribution in [0.2, 0.25) is 0 Å². The molecular formula is C41H50N4O5S. The highest BCUT2D eigenvalue weighted by molar-refractivity contribution is 7.14. The van der Waals surface area contributed by atoms with Crippen molar-refractivity contribution in [2.75, 3.05) is 19.7 Å². The first-order valence-corrected chi connectivity index (χ1v) is 18.8. The predicted molar refractivity (Wildman–Crippen MR) is 202 cm³/mol. The highest BCUT2D eigenvalue weighted by Crippen LogP contribution is 2.32. The van der Waals surface area contributed by atoms with Crippen LogP contribution in [0.15, 0.2) is 73.1 Å². The van der Waals surface area contributed by atoms with Crippen LogP contribution < -0.4 is 10.1 Å². The molecule has 2 amide bonds. The Bertz CT molecular complexity index is 1780. The maximum atomic E-state index is 13.8. The van der Waals surface area contributed by atoms with E-state index in [-0.39, 0.29) is 30.2 Å².